The smallest absolute Gasteiger partial charge is 0.349 e. The highest BCUT2D eigenvalue weighted by Crippen LogP contribution is 2.36. The minimum Gasteiger partial charge on any atom is -0.493 e. The lowest BCUT2D eigenvalue weighted by molar-refractivity contribution is -0.136. The molecule has 0 fully saturated rings. The maximum absolute atomic E-state index is 12.1. The molecular weight excluding hydrogens is 308 g/mol. The summed E-state index contributed by atoms with van der Waals surface area (Å²) in [6.45, 7) is -0.181. The molecule has 126 valence electrons. The molecule has 2 aromatic rings. The first-order chi connectivity index (χ1) is 11.7. The Morgan fingerprint density at radius 2 is 1.71 bits per heavy atom. The van der Waals surface area contributed by atoms with Gasteiger partial charge in [-0.3, -0.25) is 0 Å². The lowest BCUT2D eigenvalue weighted by atomic mass is 10.1. The fourth-order valence-corrected chi connectivity index (χ4v) is 2.84. The van der Waals surface area contributed by atoms with Crippen LogP contribution in [-0.2, 0) is 17.6 Å². The van der Waals surface area contributed by atoms with Crippen molar-refractivity contribution in [3.05, 3.63) is 47.5 Å². The highest BCUT2D eigenvalue weighted by atomic mass is 16.6. The molecule has 0 heterocycles. The van der Waals surface area contributed by atoms with Gasteiger partial charge in [-0.1, -0.05) is 12.1 Å². The van der Waals surface area contributed by atoms with Crippen LogP contribution in [0.15, 0.2) is 36.4 Å². The van der Waals surface area contributed by atoms with E-state index in [1.54, 1.807) is 18.2 Å². The van der Waals surface area contributed by atoms with E-state index in [0.29, 0.717) is 17.2 Å². The van der Waals surface area contributed by atoms with Crippen molar-refractivity contribution in [2.45, 2.75) is 19.3 Å². The number of fused-ring (bicyclic) bond motifs is 1. The third-order valence-corrected chi connectivity index (χ3v) is 4.03. The van der Waals surface area contributed by atoms with Crippen LogP contribution in [-0.4, -0.2) is 26.8 Å². The summed E-state index contributed by atoms with van der Waals surface area (Å²) in [6.07, 6.45) is 3.36. The normalized spacial score (nSPS) is 12.4. The Bertz CT molecular complexity index is 716. The summed E-state index contributed by atoms with van der Waals surface area (Å²) in [5.74, 6) is 1.28. The number of para-hydroxylation sites is 1. The summed E-state index contributed by atoms with van der Waals surface area (Å²) in [4.78, 5) is 12.1. The van der Waals surface area contributed by atoms with Crippen LogP contribution < -0.4 is 18.9 Å². The Kier molecular flexibility index (Phi) is 4.89. The molecule has 2 aromatic carbocycles. The zero-order valence-corrected chi connectivity index (χ0v) is 13.8. The monoisotopic (exact) mass is 328 g/mol. The van der Waals surface area contributed by atoms with Gasteiger partial charge in [0.05, 0.1) is 14.2 Å². The molecule has 0 amide bonds. The molecular formula is C19H20O5. The molecule has 0 saturated heterocycles. The topological polar surface area (TPSA) is 54.0 Å². The quantitative estimate of drug-likeness (QED) is 0.602. The second-order valence-electron chi connectivity index (χ2n) is 5.54. The third kappa shape index (κ3) is 3.45. The van der Waals surface area contributed by atoms with Crippen molar-refractivity contribution in [3.8, 4) is 23.0 Å². The number of ether oxygens (including phenoxy) is 4. The number of carbonyl (C=O) groups excluding carboxylic acids is 1. The highest BCUT2D eigenvalue weighted by molar-refractivity contribution is 5.76. The summed E-state index contributed by atoms with van der Waals surface area (Å²) in [6, 6.07) is 11.1. The van der Waals surface area contributed by atoms with Crippen LogP contribution in [0.2, 0.25) is 0 Å². The van der Waals surface area contributed by atoms with Crippen LogP contribution in [0.3, 0.4) is 0 Å². The van der Waals surface area contributed by atoms with E-state index in [4.69, 9.17) is 18.9 Å². The third-order valence-electron chi connectivity index (χ3n) is 4.03. The minimum atomic E-state index is -0.515. The largest absolute Gasteiger partial charge is 0.493 e. The fraction of sp³-hybridized carbons (Fsp3) is 0.316. The van der Waals surface area contributed by atoms with Crippen LogP contribution in [0.4, 0.5) is 0 Å². The van der Waals surface area contributed by atoms with Gasteiger partial charge in [-0.05, 0) is 54.7 Å². The minimum absolute atomic E-state index is 0.181. The Labute approximate surface area is 141 Å². The molecule has 0 aliphatic heterocycles. The average molecular weight is 328 g/mol. The van der Waals surface area contributed by atoms with Crippen molar-refractivity contribution in [2.24, 2.45) is 0 Å². The number of carbonyl (C=O) groups is 1. The average Bonchev–Trinajstić information content (AvgIpc) is 3.07. The van der Waals surface area contributed by atoms with Crippen molar-refractivity contribution in [1.29, 1.82) is 0 Å². The summed E-state index contributed by atoms with van der Waals surface area (Å²) in [7, 11) is 3.01. The molecule has 1 aliphatic carbocycles. The second kappa shape index (κ2) is 7.25. The van der Waals surface area contributed by atoms with Crippen LogP contribution in [0, 0.1) is 0 Å². The molecule has 0 atom stereocenters. The van der Waals surface area contributed by atoms with Crippen LogP contribution in [0.5, 0.6) is 23.0 Å². The maximum atomic E-state index is 12.1. The Hall–Kier alpha value is -2.69. The van der Waals surface area contributed by atoms with Crippen LogP contribution in [0.25, 0.3) is 0 Å². The first-order valence-corrected chi connectivity index (χ1v) is 7.87. The van der Waals surface area contributed by atoms with Gasteiger partial charge < -0.3 is 18.9 Å². The molecule has 3 rings (SSSR count). The predicted octanol–water partition coefficient (Wildman–Crippen LogP) is 3.18. The number of rotatable bonds is 6. The standard InChI is InChI=1S/C19H20O5/c1-21-16-7-4-8-17(22-2)19(16)24-18(20)12-23-15-10-9-13-5-3-6-14(13)11-15/h4,7-11H,3,5-6,12H2,1-2H3. The molecule has 24 heavy (non-hydrogen) atoms. The van der Waals surface area contributed by atoms with E-state index in [1.165, 1.54) is 31.8 Å². The lowest BCUT2D eigenvalue weighted by Gasteiger charge is -2.13. The first kappa shape index (κ1) is 16.2. The van der Waals surface area contributed by atoms with Gasteiger partial charge in [-0.2, -0.15) is 0 Å². The Morgan fingerprint density at radius 1 is 1.00 bits per heavy atom. The molecule has 5 nitrogen and oxygen atoms in total. The van der Waals surface area contributed by atoms with Crippen molar-refractivity contribution < 1.29 is 23.7 Å². The molecule has 0 saturated carbocycles. The summed E-state index contributed by atoms with van der Waals surface area (Å²) < 4.78 is 21.3. The number of benzene rings is 2. The summed E-state index contributed by atoms with van der Waals surface area (Å²) in [5, 5.41) is 0. The van der Waals surface area contributed by atoms with Crippen molar-refractivity contribution in [2.75, 3.05) is 20.8 Å². The zero-order chi connectivity index (χ0) is 16.9. The van der Waals surface area contributed by atoms with Gasteiger partial charge in [-0.15, -0.1) is 0 Å². The van der Waals surface area contributed by atoms with E-state index in [-0.39, 0.29) is 12.4 Å². The van der Waals surface area contributed by atoms with E-state index in [2.05, 4.69) is 6.07 Å². The van der Waals surface area contributed by atoms with Gasteiger partial charge >= 0.3 is 5.97 Å². The van der Waals surface area contributed by atoms with Gasteiger partial charge in [0.15, 0.2) is 18.1 Å². The Balaban J connectivity index is 1.64. The van der Waals surface area contributed by atoms with E-state index in [1.807, 2.05) is 12.1 Å². The maximum Gasteiger partial charge on any atom is 0.349 e. The number of methoxy groups -OCH3 is 2. The van der Waals surface area contributed by atoms with Gasteiger partial charge in [0, 0.05) is 0 Å². The summed E-state index contributed by atoms with van der Waals surface area (Å²) >= 11 is 0. The molecule has 0 unspecified atom stereocenters. The molecule has 5 heteroatoms. The number of esters is 1. The SMILES string of the molecule is COc1cccc(OC)c1OC(=O)COc1ccc2c(c1)CCC2. The van der Waals surface area contributed by atoms with Crippen LogP contribution in [0.1, 0.15) is 17.5 Å². The van der Waals surface area contributed by atoms with Crippen molar-refractivity contribution in [3.63, 3.8) is 0 Å². The van der Waals surface area contributed by atoms with E-state index in [0.717, 1.165) is 12.8 Å². The second-order valence-corrected chi connectivity index (χ2v) is 5.54. The molecule has 1 aliphatic rings. The van der Waals surface area contributed by atoms with E-state index in [9.17, 15) is 4.79 Å². The van der Waals surface area contributed by atoms with Crippen molar-refractivity contribution in [1.82, 2.24) is 0 Å². The van der Waals surface area contributed by atoms with E-state index >= 15 is 0 Å². The lowest BCUT2D eigenvalue weighted by Crippen LogP contribution is -2.18. The zero-order valence-electron chi connectivity index (χ0n) is 13.8. The number of aryl methyl sites for hydroxylation is 2. The van der Waals surface area contributed by atoms with Crippen LogP contribution >= 0.6 is 0 Å². The predicted molar refractivity (Wildman–Crippen MR) is 89.1 cm³/mol. The number of hydrogen-bond acceptors (Lipinski definition) is 5. The van der Waals surface area contributed by atoms with E-state index < -0.39 is 5.97 Å². The highest BCUT2D eigenvalue weighted by Gasteiger charge is 2.17. The van der Waals surface area contributed by atoms with Gasteiger partial charge in [-0.25, -0.2) is 4.79 Å². The number of hydrogen-bond donors (Lipinski definition) is 0. The molecule has 0 bridgehead atoms. The fourth-order valence-electron chi connectivity index (χ4n) is 2.84. The van der Waals surface area contributed by atoms with Gasteiger partial charge in [0.2, 0.25) is 5.75 Å². The van der Waals surface area contributed by atoms with Gasteiger partial charge in [0.1, 0.15) is 5.75 Å². The summed E-state index contributed by atoms with van der Waals surface area (Å²) in [5.41, 5.74) is 2.66. The molecule has 0 N–H and O–H groups in total. The molecule has 0 spiro atoms. The van der Waals surface area contributed by atoms with Gasteiger partial charge in [0.25, 0.3) is 0 Å². The Morgan fingerprint density at radius 3 is 2.42 bits per heavy atom. The van der Waals surface area contributed by atoms with Crippen molar-refractivity contribution >= 4 is 5.97 Å². The molecule has 0 radical (unpaired) electrons. The molecule has 0 aromatic heterocycles. The first-order valence-electron chi connectivity index (χ1n) is 7.87.